The van der Waals surface area contributed by atoms with E-state index < -0.39 is 0 Å². The second kappa shape index (κ2) is 6.66. The highest BCUT2D eigenvalue weighted by Gasteiger charge is 2.17. The summed E-state index contributed by atoms with van der Waals surface area (Å²) in [6, 6.07) is 8.11. The first-order valence-corrected chi connectivity index (χ1v) is 7.35. The molecule has 0 amide bonds. The van der Waals surface area contributed by atoms with Gasteiger partial charge >= 0.3 is 0 Å². The molecular formula is C16H23N3O. The van der Waals surface area contributed by atoms with Crippen LogP contribution in [0.5, 0.6) is 0 Å². The monoisotopic (exact) mass is 273 g/mol. The van der Waals surface area contributed by atoms with Crippen molar-refractivity contribution in [2.24, 2.45) is 5.92 Å². The number of carbonyl (C=O) groups excluding carboxylic acids is 1. The summed E-state index contributed by atoms with van der Waals surface area (Å²) < 4.78 is 1.97. The van der Waals surface area contributed by atoms with E-state index in [9.17, 15) is 4.79 Å². The molecule has 0 spiro atoms. The van der Waals surface area contributed by atoms with Gasteiger partial charge in [0.25, 0.3) is 0 Å². The van der Waals surface area contributed by atoms with Crippen LogP contribution in [0.15, 0.2) is 24.3 Å². The van der Waals surface area contributed by atoms with E-state index in [2.05, 4.69) is 23.4 Å². The summed E-state index contributed by atoms with van der Waals surface area (Å²) in [5.74, 6) is 0.276. The number of hydrogen-bond donors (Lipinski definition) is 1. The Bertz CT molecular complexity index is 588. The van der Waals surface area contributed by atoms with Crippen molar-refractivity contribution >= 4 is 16.7 Å². The van der Waals surface area contributed by atoms with E-state index in [1.54, 1.807) is 0 Å². The molecule has 1 unspecified atom stereocenters. The van der Waals surface area contributed by atoms with Crippen molar-refractivity contribution < 1.29 is 4.79 Å². The van der Waals surface area contributed by atoms with Crippen LogP contribution >= 0.6 is 0 Å². The fourth-order valence-corrected chi connectivity index (χ4v) is 2.38. The van der Waals surface area contributed by atoms with Crippen LogP contribution in [-0.2, 0) is 17.8 Å². The van der Waals surface area contributed by atoms with Crippen LogP contribution in [0.2, 0.25) is 0 Å². The Hall–Kier alpha value is -1.68. The quantitative estimate of drug-likeness (QED) is 0.842. The fourth-order valence-electron chi connectivity index (χ4n) is 2.38. The largest absolute Gasteiger partial charge is 0.316 e. The zero-order chi connectivity index (χ0) is 14.5. The number of carbonyl (C=O) groups is 1. The summed E-state index contributed by atoms with van der Waals surface area (Å²) in [6.07, 6.45) is 0.417. The Morgan fingerprint density at radius 2 is 2.10 bits per heavy atom. The lowest BCUT2D eigenvalue weighted by atomic mass is 10.0. The Labute approximate surface area is 120 Å². The van der Waals surface area contributed by atoms with Gasteiger partial charge in [-0.05, 0) is 19.5 Å². The van der Waals surface area contributed by atoms with Crippen molar-refractivity contribution in [1.82, 2.24) is 15.1 Å². The van der Waals surface area contributed by atoms with Gasteiger partial charge in [-0.3, -0.25) is 9.48 Å². The number of nitrogens with one attached hydrogen (secondary N) is 1. The summed E-state index contributed by atoms with van der Waals surface area (Å²) >= 11 is 0. The number of fused-ring (bicyclic) bond motifs is 1. The van der Waals surface area contributed by atoms with Crippen LogP contribution < -0.4 is 5.32 Å². The standard InChI is InChI=1S/C16H23N3O/c1-4-17-11-12(3)16(20)10-14-13-8-6-7-9-15(13)19(5-2)18-14/h6-9,12,17H,4-5,10-11H2,1-3H3. The van der Waals surface area contributed by atoms with E-state index in [0.717, 1.165) is 36.2 Å². The molecule has 20 heavy (non-hydrogen) atoms. The van der Waals surface area contributed by atoms with E-state index in [4.69, 9.17) is 0 Å². The molecule has 0 fully saturated rings. The second-order valence-electron chi connectivity index (χ2n) is 5.13. The lowest BCUT2D eigenvalue weighted by Gasteiger charge is -2.09. The van der Waals surface area contributed by atoms with Crippen molar-refractivity contribution in [2.45, 2.75) is 33.7 Å². The summed E-state index contributed by atoms with van der Waals surface area (Å²) in [5, 5.41) is 8.90. The summed E-state index contributed by atoms with van der Waals surface area (Å²) in [5.41, 5.74) is 2.01. The van der Waals surface area contributed by atoms with Gasteiger partial charge in [0.05, 0.1) is 17.6 Å². The molecule has 1 aromatic carbocycles. The molecule has 108 valence electrons. The number of hydrogen-bond acceptors (Lipinski definition) is 3. The number of nitrogens with zero attached hydrogens (tertiary/aromatic N) is 2. The van der Waals surface area contributed by atoms with E-state index in [0.29, 0.717) is 6.42 Å². The predicted molar refractivity (Wildman–Crippen MR) is 81.8 cm³/mol. The van der Waals surface area contributed by atoms with Crippen molar-refractivity contribution in [2.75, 3.05) is 13.1 Å². The minimum atomic E-state index is 0.0282. The summed E-state index contributed by atoms with van der Waals surface area (Å²) in [7, 11) is 0. The maximum absolute atomic E-state index is 12.3. The fraction of sp³-hybridized carbons (Fsp3) is 0.500. The average molecular weight is 273 g/mol. The molecule has 0 aliphatic carbocycles. The zero-order valence-electron chi connectivity index (χ0n) is 12.5. The highest BCUT2D eigenvalue weighted by Crippen LogP contribution is 2.19. The predicted octanol–water partition coefficient (Wildman–Crippen LogP) is 2.41. The van der Waals surface area contributed by atoms with Crippen LogP contribution in [0, 0.1) is 5.92 Å². The van der Waals surface area contributed by atoms with E-state index >= 15 is 0 Å². The number of ketones is 1. The van der Waals surface area contributed by atoms with Crippen LogP contribution in [0.1, 0.15) is 26.5 Å². The molecule has 1 N–H and O–H groups in total. The molecule has 4 nitrogen and oxygen atoms in total. The van der Waals surface area contributed by atoms with Crippen molar-refractivity contribution in [1.29, 1.82) is 0 Å². The topological polar surface area (TPSA) is 46.9 Å². The molecule has 0 aliphatic heterocycles. The molecule has 0 saturated carbocycles. The maximum Gasteiger partial charge on any atom is 0.142 e. The Morgan fingerprint density at radius 3 is 2.80 bits per heavy atom. The molecule has 0 aliphatic rings. The molecule has 1 heterocycles. The maximum atomic E-state index is 12.3. The first-order chi connectivity index (χ1) is 9.67. The van der Waals surface area contributed by atoms with Gasteiger partial charge in [-0.2, -0.15) is 5.10 Å². The van der Waals surface area contributed by atoms with E-state index in [-0.39, 0.29) is 11.7 Å². The van der Waals surface area contributed by atoms with E-state index in [1.807, 2.05) is 36.7 Å². The van der Waals surface area contributed by atoms with Gasteiger partial charge in [0.2, 0.25) is 0 Å². The third-order valence-electron chi connectivity index (χ3n) is 3.63. The summed E-state index contributed by atoms with van der Waals surface area (Å²) in [6.45, 7) is 8.55. The molecule has 0 saturated heterocycles. The number of rotatable bonds is 7. The third kappa shape index (κ3) is 3.07. The highest BCUT2D eigenvalue weighted by molar-refractivity contribution is 5.89. The molecule has 2 rings (SSSR count). The SMILES string of the molecule is CCNCC(C)C(=O)Cc1nn(CC)c2ccccc12. The van der Waals surface area contributed by atoms with Crippen LogP contribution in [-0.4, -0.2) is 28.7 Å². The van der Waals surface area contributed by atoms with Gasteiger partial charge in [-0.1, -0.05) is 32.0 Å². The average Bonchev–Trinajstić information content (AvgIpc) is 2.83. The second-order valence-corrected chi connectivity index (χ2v) is 5.13. The molecule has 1 atom stereocenters. The molecule has 0 radical (unpaired) electrons. The third-order valence-corrected chi connectivity index (χ3v) is 3.63. The van der Waals surface area contributed by atoms with Crippen molar-refractivity contribution in [3.63, 3.8) is 0 Å². The Morgan fingerprint density at radius 1 is 1.35 bits per heavy atom. The first-order valence-electron chi connectivity index (χ1n) is 7.35. The number of Topliss-reactive ketones (excluding diaryl/α,β-unsaturated/α-hetero) is 1. The van der Waals surface area contributed by atoms with E-state index in [1.165, 1.54) is 0 Å². The van der Waals surface area contributed by atoms with Crippen molar-refractivity contribution in [3.05, 3.63) is 30.0 Å². The van der Waals surface area contributed by atoms with Crippen LogP contribution in [0.25, 0.3) is 10.9 Å². The minimum absolute atomic E-state index is 0.0282. The van der Waals surface area contributed by atoms with Crippen molar-refractivity contribution in [3.8, 4) is 0 Å². The van der Waals surface area contributed by atoms with Gasteiger partial charge in [-0.15, -0.1) is 0 Å². The normalized spacial score (nSPS) is 12.8. The Kier molecular flexibility index (Phi) is 4.90. The molecule has 1 aromatic heterocycles. The van der Waals surface area contributed by atoms with Crippen LogP contribution in [0.3, 0.4) is 0 Å². The van der Waals surface area contributed by atoms with Gasteiger partial charge in [0.1, 0.15) is 5.78 Å². The smallest absolute Gasteiger partial charge is 0.142 e. The first kappa shape index (κ1) is 14.7. The summed E-state index contributed by atoms with van der Waals surface area (Å²) in [4.78, 5) is 12.3. The number of benzene rings is 1. The van der Waals surface area contributed by atoms with Gasteiger partial charge in [0.15, 0.2) is 0 Å². The number of para-hydroxylation sites is 1. The number of aryl methyl sites for hydroxylation is 1. The molecule has 0 bridgehead atoms. The zero-order valence-corrected chi connectivity index (χ0v) is 12.5. The Balaban J connectivity index is 2.19. The molecule has 4 heteroatoms. The lowest BCUT2D eigenvalue weighted by Crippen LogP contribution is -2.27. The van der Waals surface area contributed by atoms with Gasteiger partial charge < -0.3 is 5.32 Å². The molecular weight excluding hydrogens is 250 g/mol. The molecule has 2 aromatic rings. The van der Waals surface area contributed by atoms with Gasteiger partial charge in [0, 0.05) is 24.4 Å². The highest BCUT2D eigenvalue weighted by atomic mass is 16.1. The minimum Gasteiger partial charge on any atom is -0.316 e. The number of aromatic nitrogens is 2. The van der Waals surface area contributed by atoms with Crippen LogP contribution in [0.4, 0.5) is 0 Å². The van der Waals surface area contributed by atoms with Gasteiger partial charge in [-0.25, -0.2) is 0 Å². The lowest BCUT2D eigenvalue weighted by molar-refractivity contribution is -0.121.